The van der Waals surface area contributed by atoms with Crippen molar-refractivity contribution in [1.82, 2.24) is 0 Å². The van der Waals surface area contributed by atoms with Crippen LogP contribution >= 0.6 is 23.5 Å². The van der Waals surface area contributed by atoms with Crippen molar-refractivity contribution in [2.24, 2.45) is 0 Å². The van der Waals surface area contributed by atoms with Gasteiger partial charge in [-0.25, -0.2) is 0 Å². The molecule has 6 heteroatoms. The standard InChI is InChI=1S/C19H42O3S2Si/c1-5-9-15-23-16-12-10-11-13-17-24-18-14-19-25(20-6-2,21-7-3)22-8-4/h5-19H2,1-4H3. The fourth-order valence-corrected chi connectivity index (χ4v) is 7.54. The highest BCUT2D eigenvalue weighted by Gasteiger charge is 2.39. The van der Waals surface area contributed by atoms with Gasteiger partial charge in [0.15, 0.2) is 0 Å². The summed E-state index contributed by atoms with van der Waals surface area (Å²) in [6, 6.07) is 0.949. The predicted molar refractivity (Wildman–Crippen MR) is 118 cm³/mol. The van der Waals surface area contributed by atoms with Crippen molar-refractivity contribution in [2.75, 3.05) is 42.8 Å². The summed E-state index contributed by atoms with van der Waals surface area (Å²) >= 11 is 4.20. The maximum absolute atomic E-state index is 5.90. The van der Waals surface area contributed by atoms with E-state index in [2.05, 4.69) is 30.4 Å². The monoisotopic (exact) mass is 410 g/mol. The first-order chi connectivity index (χ1) is 12.2. The van der Waals surface area contributed by atoms with E-state index in [1.807, 2.05) is 20.8 Å². The highest BCUT2D eigenvalue weighted by atomic mass is 32.2. The summed E-state index contributed by atoms with van der Waals surface area (Å²) in [6.45, 7) is 10.4. The second kappa shape index (κ2) is 19.6. The fourth-order valence-electron chi connectivity index (χ4n) is 2.60. The van der Waals surface area contributed by atoms with Crippen LogP contribution in [0, 0.1) is 0 Å². The molecule has 0 saturated heterocycles. The number of unbranched alkanes of at least 4 members (excludes halogenated alkanes) is 4. The summed E-state index contributed by atoms with van der Waals surface area (Å²) in [7, 11) is -2.41. The molecule has 0 fully saturated rings. The van der Waals surface area contributed by atoms with E-state index in [-0.39, 0.29) is 0 Å². The van der Waals surface area contributed by atoms with E-state index in [0.29, 0.717) is 19.8 Å². The summed E-state index contributed by atoms with van der Waals surface area (Å²) < 4.78 is 17.7. The molecule has 0 aromatic heterocycles. The van der Waals surface area contributed by atoms with Crippen LogP contribution in [0.2, 0.25) is 6.04 Å². The van der Waals surface area contributed by atoms with Gasteiger partial charge in [-0.2, -0.15) is 23.5 Å². The first-order valence-electron chi connectivity index (χ1n) is 10.3. The zero-order valence-electron chi connectivity index (χ0n) is 17.1. The lowest BCUT2D eigenvalue weighted by Crippen LogP contribution is -2.46. The van der Waals surface area contributed by atoms with Gasteiger partial charge in [-0.3, -0.25) is 0 Å². The summed E-state index contributed by atoms with van der Waals surface area (Å²) in [6.07, 6.45) is 9.37. The maximum atomic E-state index is 5.90. The Hall–Kier alpha value is 0.797. The van der Waals surface area contributed by atoms with E-state index in [4.69, 9.17) is 13.3 Å². The summed E-state index contributed by atoms with van der Waals surface area (Å²) in [4.78, 5) is 0. The lowest BCUT2D eigenvalue weighted by Gasteiger charge is -2.28. The van der Waals surface area contributed by atoms with Gasteiger partial charge in [0.05, 0.1) is 0 Å². The van der Waals surface area contributed by atoms with Crippen LogP contribution in [0.5, 0.6) is 0 Å². The van der Waals surface area contributed by atoms with E-state index in [1.54, 1.807) is 0 Å². The molecule has 0 aromatic rings. The van der Waals surface area contributed by atoms with Gasteiger partial charge in [0.25, 0.3) is 0 Å². The van der Waals surface area contributed by atoms with Crippen LogP contribution in [0.25, 0.3) is 0 Å². The molecule has 0 bridgehead atoms. The predicted octanol–water partition coefficient (Wildman–Crippen LogP) is 6.25. The molecule has 0 radical (unpaired) electrons. The topological polar surface area (TPSA) is 27.7 Å². The second-order valence-corrected chi connectivity index (χ2v) is 11.3. The minimum atomic E-state index is -2.41. The van der Waals surface area contributed by atoms with Gasteiger partial charge in [-0.1, -0.05) is 26.2 Å². The average Bonchev–Trinajstić information content (AvgIpc) is 2.60. The summed E-state index contributed by atoms with van der Waals surface area (Å²) in [5.74, 6) is 5.18. The minimum Gasteiger partial charge on any atom is -0.374 e. The van der Waals surface area contributed by atoms with Crippen LogP contribution in [0.3, 0.4) is 0 Å². The zero-order valence-corrected chi connectivity index (χ0v) is 19.8. The molecule has 0 heterocycles. The normalized spacial score (nSPS) is 12.0. The minimum absolute atomic E-state index is 0.677. The number of hydrogen-bond donors (Lipinski definition) is 0. The van der Waals surface area contributed by atoms with Crippen LogP contribution < -0.4 is 0 Å². The lowest BCUT2D eigenvalue weighted by atomic mass is 10.2. The quantitative estimate of drug-likeness (QED) is 0.175. The molecule has 0 rings (SSSR count). The van der Waals surface area contributed by atoms with E-state index in [9.17, 15) is 0 Å². The van der Waals surface area contributed by atoms with E-state index in [0.717, 1.165) is 12.5 Å². The molecule has 0 unspecified atom stereocenters. The first kappa shape index (κ1) is 25.8. The summed E-state index contributed by atoms with van der Waals surface area (Å²) in [5.41, 5.74) is 0. The van der Waals surface area contributed by atoms with Crippen molar-refractivity contribution < 1.29 is 13.3 Å². The van der Waals surface area contributed by atoms with Crippen molar-refractivity contribution >= 4 is 32.3 Å². The largest absolute Gasteiger partial charge is 0.500 e. The molecular weight excluding hydrogens is 368 g/mol. The van der Waals surface area contributed by atoms with Gasteiger partial charge in [-0.05, 0) is 69.5 Å². The Balaban J connectivity index is 3.56. The number of thioether (sulfide) groups is 2. The molecule has 3 nitrogen and oxygen atoms in total. The van der Waals surface area contributed by atoms with Gasteiger partial charge in [0, 0.05) is 25.9 Å². The van der Waals surface area contributed by atoms with Crippen molar-refractivity contribution in [3.05, 3.63) is 0 Å². The Morgan fingerprint density at radius 2 is 1.00 bits per heavy atom. The Morgan fingerprint density at radius 3 is 1.44 bits per heavy atom. The van der Waals surface area contributed by atoms with Crippen LogP contribution in [0.1, 0.15) is 72.6 Å². The lowest BCUT2D eigenvalue weighted by molar-refractivity contribution is 0.0712. The maximum Gasteiger partial charge on any atom is 0.500 e. The van der Waals surface area contributed by atoms with Gasteiger partial charge in [0.1, 0.15) is 0 Å². The van der Waals surface area contributed by atoms with Gasteiger partial charge in [-0.15, -0.1) is 0 Å². The Kier molecular flexibility index (Phi) is 20.2. The van der Waals surface area contributed by atoms with Crippen LogP contribution in [0.4, 0.5) is 0 Å². The van der Waals surface area contributed by atoms with Crippen molar-refractivity contribution in [2.45, 2.75) is 78.7 Å². The number of hydrogen-bond acceptors (Lipinski definition) is 5. The van der Waals surface area contributed by atoms with E-state index < -0.39 is 8.80 Å². The molecule has 0 N–H and O–H groups in total. The van der Waals surface area contributed by atoms with E-state index >= 15 is 0 Å². The molecule has 0 spiro atoms. The summed E-state index contributed by atoms with van der Waals surface area (Å²) in [5, 5.41) is 0. The highest BCUT2D eigenvalue weighted by Crippen LogP contribution is 2.20. The third kappa shape index (κ3) is 15.5. The van der Waals surface area contributed by atoms with Crippen molar-refractivity contribution in [3.63, 3.8) is 0 Å². The molecular formula is C19H42O3S2Si. The average molecular weight is 411 g/mol. The molecule has 0 aliphatic carbocycles. The molecule has 0 saturated carbocycles. The second-order valence-electron chi connectivity index (χ2n) is 6.08. The van der Waals surface area contributed by atoms with Gasteiger partial charge < -0.3 is 13.3 Å². The van der Waals surface area contributed by atoms with Crippen molar-refractivity contribution in [3.8, 4) is 0 Å². The molecule has 0 atom stereocenters. The Morgan fingerprint density at radius 1 is 0.560 bits per heavy atom. The zero-order chi connectivity index (χ0) is 18.6. The molecule has 0 aliphatic heterocycles. The van der Waals surface area contributed by atoms with Crippen LogP contribution in [-0.4, -0.2) is 51.6 Å². The molecule has 0 amide bonds. The van der Waals surface area contributed by atoms with Crippen molar-refractivity contribution in [1.29, 1.82) is 0 Å². The van der Waals surface area contributed by atoms with E-state index in [1.165, 1.54) is 61.5 Å². The SMILES string of the molecule is CCCCSCCCCCCSCCC[Si](OCC)(OCC)OCC. The molecule has 152 valence electrons. The molecule has 25 heavy (non-hydrogen) atoms. The van der Waals surface area contributed by atoms with Gasteiger partial charge >= 0.3 is 8.80 Å². The van der Waals surface area contributed by atoms with Crippen LogP contribution in [-0.2, 0) is 13.3 Å². The molecule has 0 aromatic carbocycles. The Bertz CT molecular complexity index is 254. The third-order valence-corrected chi connectivity index (χ3v) is 9.29. The first-order valence-corrected chi connectivity index (χ1v) is 14.6. The third-order valence-electron chi connectivity index (χ3n) is 3.83. The Labute approximate surface area is 167 Å². The number of rotatable bonds is 20. The molecule has 0 aliphatic rings. The highest BCUT2D eigenvalue weighted by molar-refractivity contribution is 7.99. The van der Waals surface area contributed by atoms with Crippen LogP contribution in [0.15, 0.2) is 0 Å². The smallest absolute Gasteiger partial charge is 0.374 e. The van der Waals surface area contributed by atoms with Gasteiger partial charge in [0.2, 0.25) is 0 Å². The fraction of sp³-hybridized carbons (Fsp3) is 1.00.